The van der Waals surface area contributed by atoms with Crippen molar-refractivity contribution in [1.29, 1.82) is 0 Å². The fourth-order valence-electron chi connectivity index (χ4n) is 3.02. The van der Waals surface area contributed by atoms with E-state index in [1.54, 1.807) is 4.90 Å². The number of fused-ring (bicyclic) bond motifs is 1. The van der Waals surface area contributed by atoms with E-state index in [4.69, 9.17) is 5.11 Å². The van der Waals surface area contributed by atoms with Gasteiger partial charge in [-0.3, -0.25) is 14.0 Å². The molecule has 0 radical (unpaired) electrons. The number of rotatable bonds is 3. The largest absolute Gasteiger partial charge is 0.481 e. The Labute approximate surface area is 142 Å². The van der Waals surface area contributed by atoms with Crippen molar-refractivity contribution in [2.24, 2.45) is 5.92 Å². The Morgan fingerprint density at radius 2 is 2.04 bits per heavy atom. The lowest BCUT2D eigenvalue weighted by molar-refractivity contribution is -0.143. The molecule has 1 aliphatic rings. The Kier molecular flexibility index (Phi) is 4.39. The van der Waals surface area contributed by atoms with E-state index in [-0.39, 0.29) is 11.8 Å². The van der Waals surface area contributed by atoms with Gasteiger partial charge < -0.3 is 10.0 Å². The predicted octanol–water partition coefficient (Wildman–Crippen LogP) is 2.60. The number of pyridine rings is 1. The minimum absolute atomic E-state index is 0.0729. The SMILES string of the molecule is CCc1nc2ccc(Br)cn2c1C(=O)N1CCC(C(=O)O)CC1. The molecular weight excluding hydrogens is 362 g/mol. The summed E-state index contributed by atoms with van der Waals surface area (Å²) in [5.74, 6) is -1.19. The first-order valence-corrected chi connectivity index (χ1v) is 8.49. The van der Waals surface area contributed by atoms with E-state index in [9.17, 15) is 9.59 Å². The highest BCUT2D eigenvalue weighted by atomic mass is 79.9. The number of aromatic nitrogens is 2. The van der Waals surface area contributed by atoms with Gasteiger partial charge in [-0.05, 0) is 47.3 Å². The van der Waals surface area contributed by atoms with Gasteiger partial charge in [0.15, 0.2) is 0 Å². The van der Waals surface area contributed by atoms with E-state index >= 15 is 0 Å². The van der Waals surface area contributed by atoms with Crippen LogP contribution in [0.5, 0.6) is 0 Å². The monoisotopic (exact) mass is 379 g/mol. The maximum Gasteiger partial charge on any atom is 0.306 e. The number of aryl methyl sites for hydroxylation is 1. The molecule has 3 heterocycles. The summed E-state index contributed by atoms with van der Waals surface area (Å²) in [5, 5.41) is 9.08. The van der Waals surface area contributed by atoms with Gasteiger partial charge in [-0.1, -0.05) is 6.92 Å². The fraction of sp³-hybridized carbons (Fsp3) is 0.438. The second kappa shape index (κ2) is 6.31. The highest BCUT2D eigenvalue weighted by Crippen LogP contribution is 2.23. The molecule has 0 aromatic carbocycles. The van der Waals surface area contributed by atoms with Crippen LogP contribution in [0.1, 0.15) is 35.9 Å². The van der Waals surface area contributed by atoms with Gasteiger partial charge >= 0.3 is 5.97 Å². The number of amides is 1. The minimum atomic E-state index is -0.773. The molecule has 1 amide bonds. The topological polar surface area (TPSA) is 74.9 Å². The molecule has 6 nitrogen and oxygen atoms in total. The lowest BCUT2D eigenvalue weighted by Gasteiger charge is -2.30. The van der Waals surface area contributed by atoms with Crippen molar-refractivity contribution < 1.29 is 14.7 Å². The average Bonchev–Trinajstić information content (AvgIpc) is 2.91. The molecule has 122 valence electrons. The van der Waals surface area contributed by atoms with Crippen LogP contribution in [0, 0.1) is 5.92 Å². The van der Waals surface area contributed by atoms with Gasteiger partial charge in [-0.15, -0.1) is 0 Å². The van der Waals surface area contributed by atoms with Crippen LogP contribution in [0.3, 0.4) is 0 Å². The van der Waals surface area contributed by atoms with Crippen LogP contribution in [0.4, 0.5) is 0 Å². The first-order chi connectivity index (χ1) is 11.0. The summed E-state index contributed by atoms with van der Waals surface area (Å²) in [4.78, 5) is 30.3. The van der Waals surface area contributed by atoms with Crippen molar-refractivity contribution in [2.45, 2.75) is 26.2 Å². The Morgan fingerprint density at radius 1 is 1.35 bits per heavy atom. The van der Waals surface area contributed by atoms with Crippen molar-refractivity contribution in [3.63, 3.8) is 0 Å². The molecule has 2 aromatic heterocycles. The molecule has 1 fully saturated rings. The fourth-order valence-corrected chi connectivity index (χ4v) is 3.36. The zero-order valence-electron chi connectivity index (χ0n) is 12.8. The molecule has 2 aromatic rings. The summed E-state index contributed by atoms with van der Waals surface area (Å²) in [6.07, 6.45) is 3.52. The van der Waals surface area contributed by atoms with Crippen molar-refractivity contribution in [3.05, 3.63) is 34.2 Å². The second-order valence-electron chi connectivity index (χ2n) is 5.74. The zero-order valence-corrected chi connectivity index (χ0v) is 14.4. The lowest BCUT2D eigenvalue weighted by atomic mass is 9.97. The number of hydrogen-bond acceptors (Lipinski definition) is 3. The summed E-state index contributed by atoms with van der Waals surface area (Å²) in [5.41, 5.74) is 2.10. The first-order valence-electron chi connectivity index (χ1n) is 7.69. The number of imidazole rings is 1. The van der Waals surface area contributed by atoms with Crippen molar-refractivity contribution in [3.8, 4) is 0 Å². The van der Waals surface area contributed by atoms with Crippen LogP contribution in [0.2, 0.25) is 0 Å². The summed E-state index contributed by atoms with van der Waals surface area (Å²) >= 11 is 3.43. The molecule has 3 rings (SSSR count). The van der Waals surface area contributed by atoms with Gasteiger partial charge in [0, 0.05) is 23.8 Å². The van der Waals surface area contributed by atoms with Crippen molar-refractivity contribution in [1.82, 2.24) is 14.3 Å². The zero-order chi connectivity index (χ0) is 16.6. The van der Waals surface area contributed by atoms with Gasteiger partial charge in [-0.25, -0.2) is 4.98 Å². The molecular formula is C16H18BrN3O3. The lowest BCUT2D eigenvalue weighted by Crippen LogP contribution is -2.41. The third-order valence-corrected chi connectivity index (χ3v) is 4.79. The predicted molar refractivity (Wildman–Crippen MR) is 88.5 cm³/mol. The normalized spacial score (nSPS) is 16.0. The van der Waals surface area contributed by atoms with Gasteiger partial charge in [0.2, 0.25) is 0 Å². The standard InChI is InChI=1S/C16H18BrN3O3/c1-2-12-14(20-9-11(17)3-4-13(20)18-12)15(21)19-7-5-10(6-8-19)16(22)23/h3-4,9-10H,2,5-8H2,1H3,(H,22,23). The number of carboxylic acid groups (broad SMARTS) is 1. The summed E-state index contributed by atoms with van der Waals surface area (Å²) < 4.78 is 2.69. The number of carboxylic acids is 1. The second-order valence-corrected chi connectivity index (χ2v) is 6.66. The Bertz CT molecular complexity index is 763. The Balaban J connectivity index is 1.92. The molecule has 1 saturated heterocycles. The maximum absolute atomic E-state index is 12.9. The van der Waals surface area contributed by atoms with Crippen molar-refractivity contribution in [2.75, 3.05) is 13.1 Å². The number of aliphatic carboxylic acids is 1. The molecule has 0 aliphatic carbocycles. The molecule has 7 heteroatoms. The van der Waals surface area contributed by atoms with E-state index in [0.29, 0.717) is 38.0 Å². The van der Waals surface area contributed by atoms with Gasteiger partial charge in [-0.2, -0.15) is 0 Å². The van der Waals surface area contributed by atoms with E-state index in [0.717, 1.165) is 15.8 Å². The quantitative estimate of drug-likeness (QED) is 0.888. The highest BCUT2D eigenvalue weighted by Gasteiger charge is 2.30. The highest BCUT2D eigenvalue weighted by molar-refractivity contribution is 9.10. The molecule has 0 bridgehead atoms. The smallest absolute Gasteiger partial charge is 0.306 e. The Morgan fingerprint density at radius 3 is 2.65 bits per heavy atom. The third-order valence-electron chi connectivity index (χ3n) is 4.32. The summed E-state index contributed by atoms with van der Waals surface area (Å²) in [7, 11) is 0. The average molecular weight is 380 g/mol. The van der Waals surface area contributed by atoms with E-state index < -0.39 is 5.97 Å². The maximum atomic E-state index is 12.9. The number of halogens is 1. The van der Waals surface area contributed by atoms with Crippen LogP contribution >= 0.6 is 15.9 Å². The van der Waals surface area contributed by atoms with Crippen molar-refractivity contribution >= 4 is 33.5 Å². The third kappa shape index (κ3) is 2.97. The van der Waals surface area contributed by atoms with E-state index in [1.165, 1.54) is 0 Å². The minimum Gasteiger partial charge on any atom is -0.481 e. The molecule has 0 atom stereocenters. The molecule has 0 saturated carbocycles. The molecule has 1 aliphatic heterocycles. The number of likely N-dealkylation sites (tertiary alicyclic amines) is 1. The molecule has 1 N–H and O–H groups in total. The van der Waals surface area contributed by atoms with Crippen LogP contribution in [-0.2, 0) is 11.2 Å². The Hall–Kier alpha value is -1.89. The van der Waals surface area contributed by atoms with Crippen LogP contribution in [0.25, 0.3) is 5.65 Å². The molecule has 23 heavy (non-hydrogen) atoms. The number of carbonyl (C=O) groups is 2. The first kappa shape index (κ1) is 16.0. The van der Waals surface area contributed by atoms with Crippen LogP contribution in [-0.4, -0.2) is 44.4 Å². The number of hydrogen-bond donors (Lipinski definition) is 1. The van der Waals surface area contributed by atoms with E-state index in [1.807, 2.05) is 29.7 Å². The number of nitrogens with zero attached hydrogens (tertiary/aromatic N) is 3. The molecule has 0 unspecified atom stereocenters. The number of piperidine rings is 1. The van der Waals surface area contributed by atoms with Gasteiger partial charge in [0.05, 0.1) is 11.6 Å². The molecule has 0 spiro atoms. The van der Waals surface area contributed by atoms with E-state index in [2.05, 4.69) is 20.9 Å². The summed E-state index contributed by atoms with van der Waals surface area (Å²) in [6, 6.07) is 3.77. The van der Waals surface area contributed by atoms with Crippen LogP contribution in [0.15, 0.2) is 22.8 Å². The van der Waals surface area contributed by atoms with Gasteiger partial charge in [0.1, 0.15) is 11.3 Å². The van der Waals surface area contributed by atoms with Crippen LogP contribution < -0.4 is 0 Å². The van der Waals surface area contributed by atoms with Gasteiger partial charge in [0.25, 0.3) is 5.91 Å². The number of carbonyl (C=O) groups excluding carboxylic acids is 1. The summed E-state index contributed by atoms with van der Waals surface area (Å²) in [6.45, 7) is 2.92.